The Morgan fingerprint density at radius 1 is 1.29 bits per heavy atom. The Hall–Kier alpha value is -3.58. The van der Waals surface area contributed by atoms with E-state index in [1.165, 1.54) is 7.11 Å². The minimum atomic E-state index is -0.788. The van der Waals surface area contributed by atoms with Gasteiger partial charge in [0.1, 0.15) is 6.10 Å². The SMILES string of the molecule is COC(Cc1cnc2c(C(=O)CN3CCC(O)CC3)c(C)n(-c3ccc(C#N)cc3)c2c1)C(N)=O. The number of likely N-dealkylation sites (tertiary alicyclic amines) is 1. The smallest absolute Gasteiger partial charge is 0.246 e. The molecule has 2 aromatic heterocycles. The maximum atomic E-state index is 13.5. The second kappa shape index (κ2) is 10.4. The van der Waals surface area contributed by atoms with Crippen molar-refractivity contribution in [1.82, 2.24) is 14.5 Å². The van der Waals surface area contributed by atoms with Crippen molar-refractivity contribution in [3.63, 3.8) is 0 Å². The summed E-state index contributed by atoms with van der Waals surface area (Å²) in [6.45, 7) is 3.47. The maximum absolute atomic E-state index is 13.5. The van der Waals surface area contributed by atoms with E-state index in [2.05, 4.69) is 16.0 Å². The molecule has 1 saturated heterocycles. The highest BCUT2D eigenvalue weighted by atomic mass is 16.5. The summed E-state index contributed by atoms with van der Waals surface area (Å²) >= 11 is 0. The number of amides is 1. The summed E-state index contributed by atoms with van der Waals surface area (Å²) in [5, 5.41) is 19.0. The largest absolute Gasteiger partial charge is 0.393 e. The number of Topliss-reactive ketones (excluding diaryl/α,β-unsaturated/α-hetero) is 1. The number of rotatable bonds is 8. The number of fused-ring (bicyclic) bond motifs is 1. The normalized spacial score (nSPS) is 15.7. The van der Waals surface area contributed by atoms with Gasteiger partial charge in [-0.3, -0.25) is 19.5 Å². The van der Waals surface area contributed by atoms with Gasteiger partial charge in [-0.1, -0.05) is 0 Å². The van der Waals surface area contributed by atoms with Gasteiger partial charge in [-0.15, -0.1) is 0 Å². The van der Waals surface area contributed by atoms with Gasteiger partial charge in [0, 0.05) is 44.2 Å². The molecule has 0 radical (unpaired) electrons. The van der Waals surface area contributed by atoms with Crippen molar-refractivity contribution < 1.29 is 19.4 Å². The van der Waals surface area contributed by atoms with E-state index in [0.29, 0.717) is 42.6 Å². The number of piperidine rings is 1. The first-order chi connectivity index (χ1) is 16.8. The Morgan fingerprint density at radius 3 is 2.57 bits per heavy atom. The number of carbonyl (C=O) groups excluding carboxylic acids is 2. The molecule has 0 spiro atoms. The Labute approximate surface area is 203 Å². The number of nitrogens with two attached hydrogens (primary N) is 1. The molecule has 1 aromatic carbocycles. The number of aliphatic hydroxyl groups excluding tert-OH is 1. The van der Waals surface area contributed by atoms with Crippen molar-refractivity contribution in [3.8, 4) is 11.8 Å². The number of ether oxygens (including phenoxy) is 1. The van der Waals surface area contributed by atoms with Crippen molar-refractivity contribution in [2.45, 2.75) is 38.4 Å². The molecule has 182 valence electrons. The van der Waals surface area contributed by atoms with Crippen LogP contribution in [0.2, 0.25) is 0 Å². The predicted molar refractivity (Wildman–Crippen MR) is 130 cm³/mol. The van der Waals surface area contributed by atoms with Crippen LogP contribution in [0.15, 0.2) is 36.5 Å². The summed E-state index contributed by atoms with van der Waals surface area (Å²) < 4.78 is 7.16. The molecule has 35 heavy (non-hydrogen) atoms. The summed E-state index contributed by atoms with van der Waals surface area (Å²) in [7, 11) is 1.43. The van der Waals surface area contributed by atoms with Crippen LogP contribution in [0, 0.1) is 18.3 Å². The van der Waals surface area contributed by atoms with E-state index in [-0.39, 0.29) is 24.9 Å². The van der Waals surface area contributed by atoms with E-state index in [1.807, 2.05) is 29.7 Å². The molecule has 3 N–H and O–H groups in total. The van der Waals surface area contributed by atoms with E-state index in [4.69, 9.17) is 10.5 Å². The number of nitriles is 1. The zero-order valence-corrected chi connectivity index (χ0v) is 19.9. The fourth-order valence-electron chi connectivity index (χ4n) is 4.66. The van der Waals surface area contributed by atoms with Crippen LogP contribution in [0.1, 0.15) is 40.0 Å². The third kappa shape index (κ3) is 5.10. The number of methoxy groups -OCH3 is 1. The summed E-state index contributed by atoms with van der Waals surface area (Å²) in [5.74, 6) is -0.600. The molecule has 9 nitrogen and oxygen atoms in total. The van der Waals surface area contributed by atoms with Crippen LogP contribution in [0.5, 0.6) is 0 Å². The van der Waals surface area contributed by atoms with Crippen molar-refractivity contribution in [2.75, 3.05) is 26.7 Å². The molecule has 1 aliphatic rings. The van der Waals surface area contributed by atoms with E-state index in [9.17, 15) is 20.0 Å². The second-order valence-electron chi connectivity index (χ2n) is 8.93. The minimum absolute atomic E-state index is 0.0385. The van der Waals surface area contributed by atoms with E-state index < -0.39 is 12.0 Å². The number of pyridine rings is 1. The van der Waals surface area contributed by atoms with Gasteiger partial charge in [-0.2, -0.15) is 5.26 Å². The Balaban J connectivity index is 1.78. The maximum Gasteiger partial charge on any atom is 0.246 e. The molecule has 0 saturated carbocycles. The lowest BCUT2D eigenvalue weighted by molar-refractivity contribution is -0.127. The van der Waals surface area contributed by atoms with Gasteiger partial charge < -0.3 is 20.1 Å². The van der Waals surface area contributed by atoms with Crippen molar-refractivity contribution in [1.29, 1.82) is 5.26 Å². The third-order valence-corrected chi connectivity index (χ3v) is 6.58. The standard InChI is InChI=1S/C26H29N5O4/c1-16-24(22(33)15-30-9-7-20(32)8-10-30)25-21(31(16)19-5-3-17(13-27)4-6-19)11-18(14-29-25)12-23(35-2)26(28)34/h3-6,11,14,20,23,32H,7-10,12,15H2,1-2H3,(H2,28,34). The first-order valence-electron chi connectivity index (χ1n) is 11.6. The number of primary amides is 1. The molecule has 0 bridgehead atoms. The van der Waals surface area contributed by atoms with Crippen LogP contribution in [0.4, 0.5) is 0 Å². The minimum Gasteiger partial charge on any atom is -0.393 e. The number of nitrogens with zero attached hydrogens (tertiary/aromatic N) is 4. The fourth-order valence-corrected chi connectivity index (χ4v) is 4.66. The Kier molecular flexibility index (Phi) is 7.26. The van der Waals surface area contributed by atoms with Gasteiger partial charge in [0.05, 0.1) is 40.9 Å². The van der Waals surface area contributed by atoms with Crippen molar-refractivity contribution >= 4 is 22.7 Å². The number of hydrogen-bond acceptors (Lipinski definition) is 7. The Morgan fingerprint density at radius 2 is 1.97 bits per heavy atom. The number of carbonyl (C=O) groups is 2. The quantitative estimate of drug-likeness (QED) is 0.475. The summed E-state index contributed by atoms with van der Waals surface area (Å²) in [5.41, 5.74) is 10.1. The van der Waals surface area contributed by atoms with Crippen LogP contribution in [0.25, 0.3) is 16.7 Å². The first-order valence-corrected chi connectivity index (χ1v) is 11.6. The van der Waals surface area contributed by atoms with Crippen molar-refractivity contribution in [2.24, 2.45) is 5.73 Å². The van der Waals surface area contributed by atoms with Crippen molar-refractivity contribution in [3.05, 3.63) is 58.9 Å². The van der Waals surface area contributed by atoms with Crippen LogP contribution >= 0.6 is 0 Å². The highest BCUT2D eigenvalue weighted by Crippen LogP contribution is 2.30. The van der Waals surface area contributed by atoms with Gasteiger partial charge in [0.15, 0.2) is 5.78 Å². The lowest BCUT2D eigenvalue weighted by Crippen LogP contribution is -2.39. The number of aliphatic hydroxyl groups is 1. The topological polar surface area (TPSA) is 134 Å². The van der Waals surface area contributed by atoms with Crippen LogP contribution in [-0.2, 0) is 16.0 Å². The number of ketones is 1. The lowest BCUT2D eigenvalue weighted by atomic mass is 10.0. The molecule has 1 amide bonds. The highest BCUT2D eigenvalue weighted by molar-refractivity contribution is 6.09. The molecule has 3 aromatic rings. The fraction of sp³-hybridized carbons (Fsp3) is 0.385. The number of hydrogen-bond donors (Lipinski definition) is 2. The second-order valence-corrected chi connectivity index (χ2v) is 8.93. The zero-order valence-electron chi connectivity index (χ0n) is 19.9. The predicted octanol–water partition coefficient (Wildman–Crippen LogP) is 1.89. The molecule has 1 unspecified atom stereocenters. The summed E-state index contributed by atoms with van der Waals surface area (Å²) in [6, 6.07) is 11.1. The van der Waals surface area contributed by atoms with Gasteiger partial charge in [0.2, 0.25) is 5.91 Å². The van der Waals surface area contributed by atoms with Crippen LogP contribution < -0.4 is 5.73 Å². The van der Waals surface area contributed by atoms with E-state index in [1.54, 1.807) is 18.3 Å². The molecule has 9 heteroatoms. The molecular weight excluding hydrogens is 446 g/mol. The van der Waals surface area contributed by atoms with Crippen LogP contribution in [0.3, 0.4) is 0 Å². The molecular formula is C26H29N5O4. The molecule has 0 aliphatic carbocycles. The first kappa shape index (κ1) is 24.5. The van der Waals surface area contributed by atoms with E-state index in [0.717, 1.165) is 22.5 Å². The number of aromatic nitrogens is 2. The van der Waals surface area contributed by atoms with E-state index >= 15 is 0 Å². The van der Waals surface area contributed by atoms with Crippen LogP contribution in [-0.4, -0.2) is 70.2 Å². The number of benzene rings is 1. The summed E-state index contributed by atoms with van der Waals surface area (Å²) in [6.07, 6.45) is 2.12. The van der Waals surface area contributed by atoms with Gasteiger partial charge >= 0.3 is 0 Å². The molecule has 1 fully saturated rings. The monoisotopic (exact) mass is 475 g/mol. The molecule has 1 aliphatic heterocycles. The lowest BCUT2D eigenvalue weighted by Gasteiger charge is -2.28. The van der Waals surface area contributed by atoms with Gasteiger partial charge in [-0.25, -0.2) is 0 Å². The third-order valence-electron chi connectivity index (χ3n) is 6.58. The summed E-state index contributed by atoms with van der Waals surface area (Å²) in [4.78, 5) is 31.9. The van der Waals surface area contributed by atoms with Gasteiger partial charge in [0.25, 0.3) is 0 Å². The molecule has 4 rings (SSSR count). The Bertz CT molecular complexity index is 1280. The average Bonchev–Trinajstić information content (AvgIpc) is 3.14. The highest BCUT2D eigenvalue weighted by Gasteiger charge is 2.26. The average molecular weight is 476 g/mol. The molecule has 3 heterocycles. The van der Waals surface area contributed by atoms with Gasteiger partial charge in [-0.05, 0) is 55.7 Å². The molecule has 1 atom stereocenters. The zero-order chi connectivity index (χ0) is 25.1.